The molecule has 122 valence electrons. The van der Waals surface area contributed by atoms with Crippen molar-refractivity contribution in [2.45, 2.75) is 51.0 Å². The lowest BCUT2D eigenvalue weighted by Gasteiger charge is -2.22. The lowest BCUT2D eigenvalue weighted by molar-refractivity contribution is 0.0992. The van der Waals surface area contributed by atoms with Crippen LogP contribution in [0, 0.1) is 6.92 Å². The van der Waals surface area contributed by atoms with Crippen molar-refractivity contribution in [2.75, 3.05) is 7.05 Å². The largest absolute Gasteiger partial charge is 0.459 e. The molecule has 2 aromatic rings. The minimum absolute atomic E-state index is 0.339. The van der Waals surface area contributed by atoms with Crippen LogP contribution in [0.1, 0.15) is 30.6 Å². The third-order valence-electron chi connectivity index (χ3n) is 5.01. The van der Waals surface area contributed by atoms with Crippen molar-refractivity contribution in [3.05, 3.63) is 35.6 Å². The van der Waals surface area contributed by atoms with E-state index in [0.29, 0.717) is 24.8 Å². The van der Waals surface area contributed by atoms with Crippen molar-refractivity contribution in [3.63, 3.8) is 0 Å². The highest BCUT2D eigenvalue weighted by Gasteiger charge is 2.41. The van der Waals surface area contributed by atoms with Gasteiger partial charge in [0.2, 0.25) is 0 Å². The molecule has 2 bridgehead atoms. The number of para-hydroxylation sites is 1. The lowest BCUT2D eigenvalue weighted by atomic mass is 9.96. The average Bonchev–Trinajstić information content (AvgIpc) is 3.27. The Balaban J connectivity index is 1.41. The first-order valence-corrected chi connectivity index (χ1v) is 8.34. The summed E-state index contributed by atoms with van der Waals surface area (Å²) in [5.74, 6) is 1.77. The van der Waals surface area contributed by atoms with E-state index in [0.717, 1.165) is 30.1 Å². The number of guanidine groups is 1. The highest BCUT2D eigenvalue weighted by Crippen LogP contribution is 2.34. The number of aliphatic imine (C=N–C) groups is 1. The molecule has 2 saturated heterocycles. The third kappa shape index (κ3) is 2.70. The molecule has 5 nitrogen and oxygen atoms in total. The Morgan fingerprint density at radius 1 is 1.30 bits per heavy atom. The summed E-state index contributed by atoms with van der Waals surface area (Å²) in [7, 11) is 1.80. The summed E-state index contributed by atoms with van der Waals surface area (Å²) in [6, 6.07) is 8.51. The average molecular weight is 313 g/mol. The Labute approximate surface area is 136 Å². The maximum Gasteiger partial charge on any atom is 0.191 e. The Hall–Kier alpha value is -2.01. The molecule has 4 rings (SSSR count). The molecular formula is C18H23N3O2. The molecule has 2 aliphatic rings. The second-order valence-electron chi connectivity index (χ2n) is 6.43. The van der Waals surface area contributed by atoms with Gasteiger partial charge in [0.25, 0.3) is 0 Å². The fraction of sp³-hybridized carbons (Fsp3) is 0.500. The van der Waals surface area contributed by atoms with E-state index in [2.05, 4.69) is 28.6 Å². The van der Waals surface area contributed by atoms with E-state index in [4.69, 9.17) is 9.15 Å². The van der Waals surface area contributed by atoms with Crippen LogP contribution in [0.2, 0.25) is 0 Å². The van der Waals surface area contributed by atoms with E-state index in [9.17, 15) is 0 Å². The number of hydrogen-bond acceptors (Lipinski definition) is 3. The number of nitrogens with one attached hydrogen (secondary N) is 2. The number of nitrogens with zero attached hydrogens (tertiary/aromatic N) is 1. The van der Waals surface area contributed by atoms with E-state index in [1.54, 1.807) is 7.05 Å². The first-order valence-electron chi connectivity index (χ1n) is 8.34. The van der Waals surface area contributed by atoms with Gasteiger partial charge in [-0.3, -0.25) is 4.99 Å². The molecule has 3 heterocycles. The van der Waals surface area contributed by atoms with Gasteiger partial charge in [-0.2, -0.15) is 0 Å². The highest BCUT2D eigenvalue weighted by atomic mass is 16.5. The molecule has 1 aromatic carbocycles. The minimum Gasteiger partial charge on any atom is -0.459 e. The van der Waals surface area contributed by atoms with Crippen LogP contribution in [0.15, 0.2) is 33.7 Å². The number of rotatable bonds is 3. The number of ether oxygens (including phenoxy) is 1. The predicted octanol–water partition coefficient (Wildman–Crippen LogP) is 2.73. The molecule has 3 atom stereocenters. The maximum atomic E-state index is 5.94. The zero-order chi connectivity index (χ0) is 15.8. The highest BCUT2D eigenvalue weighted by molar-refractivity contribution is 5.83. The van der Waals surface area contributed by atoms with Gasteiger partial charge in [-0.15, -0.1) is 0 Å². The van der Waals surface area contributed by atoms with Crippen molar-refractivity contribution in [3.8, 4) is 0 Å². The first-order chi connectivity index (χ1) is 11.2. The van der Waals surface area contributed by atoms with Crippen molar-refractivity contribution < 1.29 is 9.15 Å². The molecule has 2 aliphatic heterocycles. The monoisotopic (exact) mass is 313 g/mol. The molecule has 23 heavy (non-hydrogen) atoms. The predicted molar refractivity (Wildman–Crippen MR) is 90.6 cm³/mol. The molecule has 0 saturated carbocycles. The van der Waals surface area contributed by atoms with E-state index in [1.165, 1.54) is 17.4 Å². The molecule has 1 aromatic heterocycles. The normalized spacial score (nSPS) is 26.9. The number of furan rings is 1. The quantitative estimate of drug-likeness (QED) is 0.676. The van der Waals surface area contributed by atoms with Crippen LogP contribution in [0.3, 0.4) is 0 Å². The molecule has 0 amide bonds. The first kappa shape index (κ1) is 14.6. The van der Waals surface area contributed by atoms with Gasteiger partial charge in [0, 0.05) is 18.0 Å². The molecule has 5 heteroatoms. The van der Waals surface area contributed by atoms with Crippen LogP contribution < -0.4 is 10.6 Å². The summed E-state index contributed by atoms with van der Waals surface area (Å²) in [5, 5.41) is 8.03. The van der Waals surface area contributed by atoms with E-state index in [-0.39, 0.29) is 0 Å². The molecule has 2 N–H and O–H groups in total. The zero-order valence-corrected chi connectivity index (χ0v) is 13.6. The number of benzene rings is 1. The topological polar surface area (TPSA) is 58.8 Å². The van der Waals surface area contributed by atoms with Gasteiger partial charge < -0.3 is 19.8 Å². The van der Waals surface area contributed by atoms with Gasteiger partial charge in [0.05, 0.1) is 24.8 Å². The van der Waals surface area contributed by atoms with E-state index < -0.39 is 0 Å². The smallest absolute Gasteiger partial charge is 0.191 e. The molecule has 2 fully saturated rings. The van der Waals surface area contributed by atoms with E-state index in [1.807, 2.05) is 18.2 Å². The Kier molecular flexibility index (Phi) is 3.73. The van der Waals surface area contributed by atoms with Crippen molar-refractivity contribution in [2.24, 2.45) is 4.99 Å². The van der Waals surface area contributed by atoms with Crippen LogP contribution in [0.25, 0.3) is 11.0 Å². The van der Waals surface area contributed by atoms with Crippen LogP contribution in [0.5, 0.6) is 0 Å². The summed E-state index contributed by atoms with van der Waals surface area (Å²) in [5.41, 5.74) is 2.12. The summed E-state index contributed by atoms with van der Waals surface area (Å²) < 4.78 is 11.8. The van der Waals surface area contributed by atoms with Crippen LogP contribution in [-0.4, -0.2) is 31.3 Å². The lowest BCUT2D eigenvalue weighted by Crippen LogP contribution is -2.47. The fourth-order valence-corrected chi connectivity index (χ4v) is 3.72. The van der Waals surface area contributed by atoms with Gasteiger partial charge in [-0.25, -0.2) is 0 Å². The van der Waals surface area contributed by atoms with Crippen molar-refractivity contribution >= 4 is 16.9 Å². The van der Waals surface area contributed by atoms with Crippen LogP contribution >= 0.6 is 0 Å². The van der Waals surface area contributed by atoms with Gasteiger partial charge >= 0.3 is 0 Å². The summed E-state index contributed by atoms with van der Waals surface area (Å²) in [4.78, 5) is 4.33. The Bertz CT molecular complexity index is 737. The molecular weight excluding hydrogens is 290 g/mol. The molecule has 0 radical (unpaired) electrons. The molecule has 0 aliphatic carbocycles. The number of hydrogen-bond donors (Lipinski definition) is 2. The molecule has 3 unspecified atom stereocenters. The second-order valence-corrected chi connectivity index (χ2v) is 6.43. The van der Waals surface area contributed by atoms with Gasteiger partial charge in [-0.1, -0.05) is 18.2 Å². The zero-order valence-electron chi connectivity index (χ0n) is 13.6. The second kappa shape index (κ2) is 5.89. The SMILES string of the molecule is CN=C(NCc1oc2ccccc2c1C)NC1CC2CCC1O2. The van der Waals surface area contributed by atoms with Gasteiger partial charge in [0.15, 0.2) is 5.96 Å². The van der Waals surface area contributed by atoms with Gasteiger partial charge in [0.1, 0.15) is 11.3 Å². The minimum atomic E-state index is 0.339. The third-order valence-corrected chi connectivity index (χ3v) is 5.01. The molecule has 0 spiro atoms. The van der Waals surface area contributed by atoms with Crippen molar-refractivity contribution in [1.82, 2.24) is 10.6 Å². The fourth-order valence-electron chi connectivity index (χ4n) is 3.72. The van der Waals surface area contributed by atoms with Crippen LogP contribution in [0.4, 0.5) is 0 Å². The Morgan fingerprint density at radius 3 is 2.87 bits per heavy atom. The van der Waals surface area contributed by atoms with Gasteiger partial charge in [-0.05, 0) is 32.3 Å². The summed E-state index contributed by atoms with van der Waals surface area (Å²) >= 11 is 0. The standard InChI is InChI=1S/C18H23N3O2/c1-11-13-5-3-4-6-15(13)23-17(11)10-20-18(19-2)21-14-9-12-7-8-16(14)22-12/h3-6,12,14,16H,7-10H2,1-2H3,(H2,19,20,21). The van der Waals surface area contributed by atoms with E-state index >= 15 is 0 Å². The Morgan fingerprint density at radius 2 is 2.17 bits per heavy atom. The van der Waals surface area contributed by atoms with Crippen molar-refractivity contribution in [1.29, 1.82) is 0 Å². The van der Waals surface area contributed by atoms with Crippen LogP contribution in [-0.2, 0) is 11.3 Å². The summed E-state index contributed by atoms with van der Waals surface area (Å²) in [6.07, 6.45) is 4.21. The number of fused-ring (bicyclic) bond motifs is 3. The summed E-state index contributed by atoms with van der Waals surface area (Å²) in [6.45, 7) is 2.73. The number of aryl methyl sites for hydroxylation is 1. The maximum absolute atomic E-state index is 5.94.